The largest absolute Gasteiger partial charge is 0.274 e. The molecule has 2 heteroatoms. The van der Waals surface area contributed by atoms with Crippen LogP contribution in [0.4, 0.5) is 5.69 Å². The number of rotatable bonds is 5. The van der Waals surface area contributed by atoms with E-state index in [-0.39, 0.29) is 0 Å². The molecule has 1 aliphatic rings. The first-order valence-corrected chi connectivity index (χ1v) is 8.06. The maximum absolute atomic E-state index is 3.58. The standard InChI is InChI=1S/C18H28N2/c1-6-8-17-19-11-12-20(17)18-15(13(2)3)9-7-10-16(18)14(4)5/h7,9-10,13-14H,6,8,11-12H2,1-5H3/p+1. The van der Waals surface area contributed by atoms with Gasteiger partial charge < -0.3 is 0 Å². The third-order valence-electron chi connectivity index (χ3n) is 4.09. The van der Waals surface area contributed by atoms with Gasteiger partial charge in [-0.1, -0.05) is 52.8 Å². The van der Waals surface area contributed by atoms with Gasteiger partial charge in [-0.25, -0.2) is 4.58 Å². The van der Waals surface area contributed by atoms with Crippen LogP contribution < -0.4 is 5.32 Å². The number of hydrogen-bond donors (Lipinski definition) is 1. The summed E-state index contributed by atoms with van der Waals surface area (Å²) in [6.07, 6.45) is 2.34. The van der Waals surface area contributed by atoms with Gasteiger partial charge in [0.15, 0.2) is 0 Å². The molecular weight excluding hydrogens is 244 g/mol. The molecule has 0 radical (unpaired) electrons. The van der Waals surface area contributed by atoms with Crippen molar-refractivity contribution in [3.63, 3.8) is 0 Å². The van der Waals surface area contributed by atoms with Crippen LogP contribution in [0.1, 0.15) is 70.4 Å². The highest BCUT2D eigenvalue weighted by atomic mass is 15.2. The molecule has 0 fully saturated rings. The summed E-state index contributed by atoms with van der Waals surface area (Å²) < 4.78 is 2.54. The van der Waals surface area contributed by atoms with Crippen LogP contribution in [-0.4, -0.2) is 23.5 Å². The summed E-state index contributed by atoms with van der Waals surface area (Å²) in [7, 11) is 0. The minimum Gasteiger partial charge on any atom is -0.274 e. The van der Waals surface area contributed by atoms with Crippen LogP contribution in [0.25, 0.3) is 0 Å². The molecule has 0 saturated carbocycles. The zero-order valence-electron chi connectivity index (χ0n) is 13.7. The minimum atomic E-state index is 0.562. The van der Waals surface area contributed by atoms with E-state index in [1.807, 2.05) is 0 Å². The molecule has 0 aromatic heterocycles. The Bertz CT molecular complexity index is 472. The molecule has 1 heterocycles. The van der Waals surface area contributed by atoms with Crippen molar-refractivity contribution in [2.45, 2.75) is 59.3 Å². The Balaban J connectivity index is 2.61. The van der Waals surface area contributed by atoms with Crippen LogP contribution in [0.2, 0.25) is 0 Å². The molecule has 0 spiro atoms. The van der Waals surface area contributed by atoms with E-state index in [1.54, 1.807) is 0 Å². The fourth-order valence-electron chi connectivity index (χ4n) is 3.07. The zero-order chi connectivity index (χ0) is 14.7. The van der Waals surface area contributed by atoms with Gasteiger partial charge in [-0.15, -0.1) is 0 Å². The lowest BCUT2D eigenvalue weighted by Crippen LogP contribution is -2.21. The summed E-state index contributed by atoms with van der Waals surface area (Å²) in [6.45, 7) is 13.6. The van der Waals surface area contributed by atoms with E-state index < -0.39 is 0 Å². The number of benzene rings is 1. The summed E-state index contributed by atoms with van der Waals surface area (Å²) in [4.78, 5) is 0. The highest BCUT2D eigenvalue weighted by Gasteiger charge is 2.27. The van der Waals surface area contributed by atoms with Gasteiger partial charge in [0.2, 0.25) is 5.84 Å². The second-order valence-electron chi connectivity index (χ2n) is 6.37. The molecule has 0 unspecified atom stereocenters. The molecule has 0 atom stereocenters. The molecule has 1 aromatic carbocycles. The summed E-state index contributed by atoms with van der Waals surface area (Å²) in [5.74, 6) is 2.53. The lowest BCUT2D eigenvalue weighted by molar-refractivity contribution is -0.431. The molecular formula is C18H29N2+. The van der Waals surface area contributed by atoms with Crippen molar-refractivity contribution >= 4 is 11.5 Å². The fraction of sp³-hybridized carbons (Fsp3) is 0.611. The first-order chi connectivity index (χ1) is 9.56. The number of nitrogens with one attached hydrogen (secondary N) is 1. The molecule has 20 heavy (non-hydrogen) atoms. The summed E-state index contributed by atoms with van der Waals surface area (Å²) >= 11 is 0. The highest BCUT2D eigenvalue weighted by molar-refractivity contribution is 5.80. The van der Waals surface area contributed by atoms with Gasteiger partial charge in [-0.2, -0.15) is 0 Å². The van der Waals surface area contributed by atoms with Crippen LogP contribution in [0.15, 0.2) is 18.2 Å². The van der Waals surface area contributed by atoms with Crippen LogP contribution >= 0.6 is 0 Å². The number of nitrogens with zero attached hydrogens (tertiary/aromatic N) is 1. The maximum Gasteiger partial charge on any atom is 0.250 e. The predicted octanol–water partition coefficient (Wildman–Crippen LogP) is 4.38. The van der Waals surface area contributed by atoms with Crippen molar-refractivity contribution in [2.24, 2.45) is 0 Å². The van der Waals surface area contributed by atoms with Gasteiger partial charge in [0.25, 0.3) is 0 Å². The summed E-state index contributed by atoms with van der Waals surface area (Å²) in [6, 6.07) is 6.82. The number of para-hydroxylation sites is 1. The van der Waals surface area contributed by atoms with Crippen LogP contribution in [0.5, 0.6) is 0 Å². The first-order valence-electron chi connectivity index (χ1n) is 8.06. The topological polar surface area (TPSA) is 15.0 Å². The molecule has 2 nitrogen and oxygen atoms in total. The molecule has 1 N–H and O–H groups in total. The molecule has 0 amide bonds. The monoisotopic (exact) mass is 273 g/mol. The Morgan fingerprint density at radius 1 is 1.10 bits per heavy atom. The van der Waals surface area contributed by atoms with Crippen molar-refractivity contribution in [1.29, 1.82) is 0 Å². The van der Waals surface area contributed by atoms with Gasteiger partial charge in [-0.05, 0) is 18.3 Å². The van der Waals surface area contributed by atoms with Gasteiger partial charge in [0.05, 0.1) is 0 Å². The van der Waals surface area contributed by atoms with Crippen molar-refractivity contribution in [2.75, 3.05) is 13.1 Å². The zero-order valence-corrected chi connectivity index (χ0v) is 13.7. The number of amidine groups is 1. The van der Waals surface area contributed by atoms with Crippen LogP contribution in [0, 0.1) is 0 Å². The van der Waals surface area contributed by atoms with Gasteiger partial charge >= 0.3 is 0 Å². The van der Waals surface area contributed by atoms with E-state index in [9.17, 15) is 0 Å². The quantitative estimate of drug-likeness (QED) is 0.787. The van der Waals surface area contributed by atoms with Gasteiger partial charge in [-0.3, -0.25) is 5.32 Å². The average molecular weight is 273 g/mol. The van der Waals surface area contributed by atoms with E-state index in [4.69, 9.17) is 0 Å². The second kappa shape index (κ2) is 6.43. The van der Waals surface area contributed by atoms with Crippen molar-refractivity contribution in [3.05, 3.63) is 29.3 Å². The highest BCUT2D eigenvalue weighted by Crippen LogP contribution is 2.35. The van der Waals surface area contributed by atoms with Crippen LogP contribution in [0.3, 0.4) is 0 Å². The molecule has 2 rings (SSSR count). The Labute approximate surface area is 123 Å². The third kappa shape index (κ3) is 2.89. The van der Waals surface area contributed by atoms with E-state index in [1.165, 1.54) is 29.1 Å². The van der Waals surface area contributed by atoms with Crippen molar-refractivity contribution in [1.82, 2.24) is 5.32 Å². The molecule has 1 aliphatic heterocycles. The summed E-state index contributed by atoms with van der Waals surface area (Å²) in [5.41, 5.74) is 4.42. The molecule has 0 bridgehead atoms. The lowest BCUT2D eigenvalue weighted by Gasteiger charge is -2.19. The maximum atomic E-state index is 3.58. The predicted molar refractivity (Wildman–Crippen MR) is 87.3 cm³/mol. The SMILES string of the molecule is CCCC1=[N+](c2c(C(C)C)cccc2C(C)C)CCN1. The molecule has 0 aliphatic carbocycles. The normalized spacial score (nSPS) is 15.3. The fourth-order valence-corrected chi connectivity index (χ4v) is 3.07. The van der Waals surface area contributed by atoms with Gasteiger partial charge in [0.1, 0.15) is 18.8 Å². The molecule has 0 saturated heterocycles. The van der Waals surface area contributed by atoms with E-state index in [2.05, 4.69) is 62.7 Å². The molecule has 1 aromatic rings. The Morgan fingerprint density at radius 3 is 2.20 bits per heavy atom. The second-order valence-corrected chi connectivity index (χ2v) is 6.37. The Morgan fingerprint density at radius 2 is 1.70 bits per heavy atom. The Hall–Kier alpha value is -1.31. The molecule has 110 valence electrons. The minimum absolute atomic E-state index is 0.562. The van der Waals surface area contributed by atoms with E-state index in [0.29, 0.717) is 11.8 Å². The third-order valence-corrected chi connectivity index (χ3v) is 4.09. The number of hydrogen-bond acceptors (Lipinski definition) is 1. The summed E-state index contributed by atoms with van der Waals surface area (Å²) in [5, 5.41) is 3.58. The first kappa shape index (κ1) is 15.1. The van der Waals surface area contributed by atoms with Crippen LogP contribution in [-0.2, 0) is 0 Å². The average Bonchev–Trinajstić information content (AvgIpc) is 2.86. The van der Waals surface area contributed by atoms with Gasteiger partial charge in [0, 0.05) is 17.5 Å². The van der Waals surface area contributed by atoms with Crippen molar-refractivity contribution in [3.8, 4) is 0 Å². The van der Waals surface area contributed by atoms with Crippen molar-refractivity contribution < 1.29 is 4.58 Å². The smallest absolute Gasteiger partial charge is 0.250 e. The lowest BCUT2D eigenvalue weighted by atomic mass is 9.92. The Kier molecular flexibility index (Phi) is 4.85. The van der Waals surface area contributed by atoms with E-state index in [0.717, 1.165) is 19.5 Å². The van der Waals surface area contributed by atoms with E-state index >= 15 is 0 Å².